The molecule has 6 nitrogen and oxygen atoms in total. The van der Waals surface area contributed by atoms with Gasteiger partial charge in [-0.3, -0.25) is 15.6 Å². The summed E-state index contributed by atoms with van der Waals surface area (Å²) >= 11 is 11.3. The van der Waals surface area contributed by atoms with Crippen molar-refractivity contribution in [3.63, 3.8) is 0 Å². The molecule has 140 valence electrons. The number of aromatic nitrogens is 2. The van der Waals surface area contributed by atoms with Crippen molar-refractivity contribution in [2.24, 2.45) is 0 Å². The summed E-state index contributed by atoms with van der Waals surface area (Å²) in [4.78, 5) is 16.9. The van der Waals surface area contributed by atoms with Gasteiger partial charge in [-0.15, -0.1) is 0 Å². The first kappa shape index (κ1) is 19.1. The first-order chi connectivity index (χ1) is 12.9. The van der Waals surface area contributed by atoms with E-state index < -0.39 is 0 Å². The van der Waals surface area contributed by atoms with Crippen LogP contribution in [-0.2, 0) is 6.54 Å². The van der Waals surface area contributed by atoms with Crippen molar-refractivity contribution in [1.82, 2.24) is 20.4 Å². The number of nitrogens with zero attached hydrogens (tertiary/aromatic N) is 2. The average molecular weight is 402 g/mol. The Kier molecular flexibility index (Phi) is 5.62. The number of hydrazine groups is 1. The summed E-state index contributed by atoms with van der Waals surface area (Å²) in [6.45, 7) is 6.73. The number of halogens is 1. The minimum atomic E-state index is -0.299. The zero-order valence-electron chi connectivity index (χ0n) is 15.3. The van der Waals surface area contributed by atoms with Crippen LogP contribution in [0, 0.1) is 13.8 Å². The van der Waals surface area contributed by atoms with Crippen molar-refractivity contribution in [2.45, 2.75) is 27.3 Å². The Hall–Kier alpha value is -2.64. The van der Waals surface area contributed by atoms with Gasteiger partial charge >= 0.3 is 0 Å². The van der Waals surface area contributed by atoms with Gasteiger partial charge in [0.25, 0.3) is 5.91 Å². The van der Waals surface area contributed by atoms with Crippen molar-refractivity contribution in [2.75, 3.05) is 5.32 Å². The fraction of sp³-hybridized carbons (Fsp3) is 0.211. The molecule has 1 aromatic heterocycles. The van der Waals surface area contributed by atoms with Crippen LogP contribution >= 0.6 is 23.8 Å². The maximum atomic E-state index is 12.4. The molecule has 27 heavy (non-hydrogen) atoms. The molecule has 0 radical (unpaired) electrons. The van der Waals surface area contributed by atoms with E-state index in [9.17, 15) is 4.79 Å². The van der Waals surface area contributed by atoms with Crippen LogP contribution in [0.25, 0.3) is 11.0 Å². The summed E-state index contributed by atoms with van der Waals surface area (Å²) in [7, 11) is 0. The lowest BCUT2D eigenvalue weighted by atomic mass is 10.2. The summed E-state index contributed by atoms with van der Waals surface area (Å²) in [6, 6.07) is 10.9. The lowest BCUT2D eigenvalue weighted by molar-refractivity contribution is 0.0944. The van der Waals surface area contributed by atoms with E-state index in [4.69, 9.17) is 23.8 Å². The van der Waals surface area contributed by atoms with Crippen LogP contribution in [0.2, 0.25) is 5.02 Å². The number of thiocarbonyl (C=S) groups is 1. The molecule has 0 atom stereocenters. The Morgan fingerprint density at radius 2 is 2.00 bits per heavy atom. The van der Waals surface area contributed by atoms with E-state index in [1.165, 1.54) is 0 Å². The number of benzene rings is 2. The quantitative estimate of drug-likeness (QED) is 0.457. The van der Waals surface area contributed by atoms with E-state index in [1.807, 2.05) is 32.0 Å². The molecule has 0 aliphatic heterocycles. The molecule has 3 rings (SSSR count). The molecule has 2 aromatic carbocycles. The molecule has 0 aliphatic rings. The number of anilines is 1. The molecule has 0 unspecified atom stereocenters. The van der Waals surface area contributed by atoms with Crippen LogP contribution < -0.4 is 16.2 Å². The molecule has 0 aliphatic carbocycles. The number of carbonyl (C=O) groups excluding carboxylic acids is 1. The molecule has 0 spiro atoms. The lowest BCUT2D eigenvalue weighted by Gasteiger charge is -2.14. The molecule has 8 heteroatoms. The van der Waals surface area contributed by atoms with Gasteiger partial charge in [-0.2, -0.15) is 0 Å². The van der Waals surface area contributed by atoms with E-state index in [0.29, 0.717) is 10.6 Å². The second-order valence-corrected chi connectivity index (χ2v) is 6.87. The van der Waals surface area contributed by atoms with Crippen molar-refractivity contribution in [1.29, 1.82) is 0 Å². The molecule has 0 bridgehead atoms. The number of fused-ring (bicyclic) bond motifs is 1. The van der Waals surface area contributed by atoms with Crippen LogP contribution in [0.5, 0.6) is 0 Å². The van der Waals surface area contributed by atoms with Crippen molar-refractivity contribution in [3.05, 3.63) is 58.4 Å². The average Bonchev–Trinajstić information content (AvgIpc) is 2.97. The molecule has 3 aromatic rings. The highest BCUT2D eigenvalue weighted by Gasteiger charge is 2.11. The predicted molar refractivity (Wildman–Crippen MR) is 113 cm³/mol. The molecule has 1 amide bonds. The molecule has 0 saturated heterocycles. The minimum Gasteiger partial charge on any atom is -0.331 e. The zero-order valence-corrected chi connectivity index (χ0v) is 16.8. The zero-order chi connectivity index (χ0) is 19.6. The summed E-state index contributed by atoms with van der Waals surface area (Å²) < 4.78 is 2.10. The van der Waals surface area contributed by atoms with Gasteiger partial charge < -0.3 is 9.88 Å². The lowest BCUT2D eigenvalue weighted by Crippen LogP contribution is -2.43. The van der Waals surface area contributed by atoms with E-state index >= 15 is 0 Å². The second-order valence-electron chi connectivity index (χ2n) is 6.05. The molecular formula is C19H20ClN5OS. The molecule has 1 heterocycles. The fourth-order valence-electron chi connectivity index (χ4n) is 2.87. The maximum Gasteiger partial charge on any atom is 0.269 e. The number of nitrogens with one attached hydrogen (secondary N) is 3. The number of hydrogen-bond donors (Lipinski definition) is 3. The van der Waals surface area contributed by atoms with Gasteiger partial charge in [-0.1, -0.05) is 17.7 Å². The van der Waals surface area contributed by atoms with Crippen molar-refractivity contribution in [3.8, 4) is 0 Å². The molecular weight excluding hydrogens is 382 g/mol. The number of hydrogen-bond acceptors (Lipinski definition) is 3. The van der Waals surface area contributed by atoms with Crippen LogP contribution in [0.3, 0.4) is 0 Å². The Labute approximate surface area is 167 Å². The minimum absolute atomic E-state index is 0.265. The van der Waals surface area contributed by atoms with Gasteiger partial charge in [0.15, 0.2) is 5.11 Å². The van der Waals surface area contributed by atoms with Gasteiger partial charge in [0.05, 0.1) is 11.0 Å². The van der Waals surface area contributed by atoms with Crippen LogP contribution in [-0.4, -0.2) is 20.6 Å². The van der Waals surface area contributed by atoms with E-state index in [0.717, 1.165) is 34.7 Å². The van der Waals surface area contributed by atoms with E-state index in [-0.39, 0.29) is 11.0 Å². The van der Waals surface area contributed by atoms with E-state index in [1.54, 1.807) is 18.2 Å². The topological polar surface area (TPSA) is 71.0 Å². The van der Waals surface area contributed by atoms with Crippen molar-refractivity contribution < 1.29 is 4.79 Å². The van der Waals surface area contributed by atoms with Gasteiger partial charge in [-0.05, 0) is 68.9 Å². The highest BCUT2D eigenvalue weighted by Crippen LogP contribution is 2.22. The Balaban J connectivity index is 1.66. The largest absolute Gasteiger partial charge is 0.331 e. The SMILES string of the molecule is CCn1c(C)nc2cc(C(=O)NNC(=S)Nc3cccc(Cl)c3C)ccc21. The third kappa shape index (κ3) is 4.04. The fourth-order valence-corrected chi connectivity index (χ4v) is 3.21. The van der Waals surface area contributed by atoms with Gasteiger partial charge in [0, 0.05) is 22.8 Å². The van der Waals surface area contributed by atoms with Crippen LogP contribution in [0.15, 0.2) is 36.4 Å². The summed E-state index contributed by atoms with van der Waals surface area (Å²) in [6.07, 6.45) is 0. The first-order valence-electron chi connectivity index (χ1n) is 8.50. The Morgan fingerprint density at radius 1 is 1.22 bits per heavy atom. The molecule has 0 saturated carbocycles. The van der Waals surface area contributed by atoms with E-state index in [2.05, 4.69) is 32.6 Å². The van der Waals surface area contributed by atoms with Crippen molar-refractivity contribution >= 4 is 51.6 Å². The van der Waals surface area contributed by atoms with Crippen LogP contribution in [0.1, 0.15) is 28.7 Å². The molecule has 0 fully saturated rings. The second kappa shape index (κ2) is 7.94. The standard InChI is InChI=1S/C19H20ClN5OS/c1-4-25-12(3)21-16-10-13(8-9-17(16)25)18(26)23-24-19(27)22-15-7-5-6-14(20)11(15)2/h5-10H,4H2,1-3H3,(H,23,26)(H2,22,24,27). The summed E-state index contributed by atoms with van der Waals surface area (Å²) in [5.41, 5.74) is 9.24. The summed E-state index contributed by atoms with van der Waals surface area (Å²) in [5.74, 6) is 0.623. The number of aryl methyl sites for hydroxylation is 2. The Bertz CT molecular complexity index is 1030. The van der Waals surface area contributed by atoms with Gasteiger partial charge in [0.1, 0.15) is 5.82 Å². The highest BCUT2D eigenvalue weighted by molar-refractivity contribution is 7.80. The monoisotopic (exact) mass is 401 g/mol. The van der Waals surface area contributed by atoms with Crippen LogP contribution in [0.4, 0.5) is 5.69 Å². The number of amides is 1. The predicted octanol–water partition coefficient (Wildman–Crippen LogP) is 3.96. The smallest absolute Gasteiger partial charge is 0.269 e. The summed E-state index contributed by atoms with van der Waals surface area (Å²) in [5, 5.41) is 3.92. The number of rotatable bonds is 3. The highest BCUT2D eigenvalue weighted by atomic mass is 35.5. The Morgan fingerprint density at radius 3 is 2.74 bits per heavy atom. The van der Waals surface area contributed by atoms with Gasteiger partial charge in [0.2, 0.25) is 0 Å². The third-order valence-electron chi connectivity index (χ3n) is 4.32. The van der Waals surface area contributed by atoms with Gasteiger partial charge in [-0.25, -0.2) is 4.98 Å². The number of imidazole rings is 1. The maximum absolute atomic E-state index is 12.4. The first-order valence-corrected chi connectivity index (χ1v) is 9.28. The third-order valence-corrected chi connectivity index (χ3v) is 4.94. The normalized spacial score (nSPS) is 10.7. The molecule has 3 N–H and O–H groups in total. The number of carbonyl (C=O) groups is 1.